The van der Waals surface area contributed by atoms with Crippen molar-refractivity contribution in [2.45, 2.75) is 26.9 Å². The van der Waals surface area contributed by atoms with E-state index >= 15 is 0 Å². The lowest BCUT2D eigenvalue weighted by molar-refractivity contribution is -0.139. The standard InChI is InChI=1S/C14H18O3/c1-3-9-17-14(15)12(2)10-16-11-13-7-5-4-6-8-13/h4-8,10H,3,9,11H2,1-2H3. The third-order valence-electron chi connectivity index (χ3n) is 2.11. The molecule has 0 radical (unpaired) electrons. The molecule has 0 atom stereocenters. The van der Waals surface area contributed by atoms with Gasteiger partial charge in [0, 0.05) is 0 Å². The van der Waals surface area contributed by atoms with Crippen LogP contribution in [0.2, 0.25) is 0 Å². The van der Waals surface area contributed by atoms with Crippen molar-refractivity contribution < 1.29 is 14.3 Å². The van der Waals surface area contributed by atoms with Crippen molar-refractivity contribution >= 4 is 5.97 Å². The molecule has 1 aromatic carbocycles. The van der Waals surface area contributed by atoms with E-state index in [4.69, 9.17) is 9.47 Å². The summed E-state index contributed by atoms with van der Waals surface area (Å²) in [5.41, 5.74) is 1.55. The van der Waals surface area contributed by atoms with Gasteiger partial charge >= 0.3 is 5.97 Å². The van der Waals surface area contributed by atoms with Crippen molar-refractivity contribution in [3.8, 4) is 0 Å². The second kappa shape index (κ2) is 7.49. The molecule has 0 amide bonds. The normalized spacial score (nSPS) is 11.1. The minimum Gasteiger partial charge on any atom is -0.496 e. The maximum Gasteiger partial charge on any atom is 0.336 e. The van der Waals surface area contributed by atoms with Crippen molar-refractivity contribution in [1.29, 1.82) is 0 Å². The first kappa shape index (κ1) is 13.3. The van der Waals surface area contributed by atoms with E-state index < -0.39 is 0 Å². The zero-order valence-electron chi connectivity index (χ0n) is 10.3. The minimum absolute atomic E-state index is 0.320. The monoisotopic (exact) mass is 234 g/mol. The van der Waals surface area contributed by atoms with Gasteiger partial charge in [-0.2, -0.15) is 0 Å². The van der Waals surface area contributed by atoms with Gasteiger partial charge in [0.25, 0.3) is 0 Å². The van der Waals surface area contributed by atoms with Crippen molar-refractivity contribution in [2.24, 2.45) is 0 Å². The van der Waals surface area contributed by atoms with Crippen molar-refractivity contribution in [1.82, 2.24) is 0 Å². The Balaban J connectivity index is 2.35. The van der Waals surface area contributed by atoms with E-state index in [1.54, 1.807) is 6.92 Å². The zero-order chi connectivity index (χ0) is 12.5. The van der Waals surface area contributed by atoms with Gasteiger partial charge in [-0.25, -0.2) is 4.79 Å². The number of hydrogen-bond donors (Lipinski definition) is 0. The van der Waals surface area contributed by atoms with Gasteiger partial charge in [0.15, 0.2) is 0 Å². The molecule has 1 aromatic rings. The quantitative estimate of drug-likeness (QED) is 0.431. The highest BCUT2D eigenvalue weighted by Crippen LogP contribution is 2.03. The lowest BCUT2D eigenvalue weighted by Crippen LogP contribution is -2.06. The second-order valence-corrected chi connectivity index (χ2v) is 3.73. The predicted molar refractivity (Wildman–Crippen MR) is 66.2 cm³/mol. The number of carbonyl (C=O) groups is 1. The Hall–Kier alpha value is -1.77. The maximum atomic E-state index is 11.4. The Morgan fingerprint density at radius 3 is 2.65 bits per heavy atom. The van der Waals surface area contributed by atoms with E-state index in [0.717, 1.165) is 12.0 Å². The summed E-state index contributed by atoms with van der Waals surface area (Å²) in [6.45, 7) is 4.54. The summed E-state index contributed by atoms with van der Waals surface area (Å²) in [4.78, 5) is 11.4. The molecule has 0 aliphatic rings. The topological polar surface area (TPSA) is 35.5 Å². The van der Waals surface area contributed by atoms with Crippen LogP contribution in [0.15, 0.2) is 42.2 Å². The molecule has 0 N–H and O–H groups in total. The highest BCUT2D eigenvalue weighted by Gasteiger charge is 2.04. The lowest BCUT2D eigenvalue weighted by atomic mass is 10.2. The molecule has 0 bridgehead atoms. The molecule has 0 aliphatic carbocycles. The number of ether oxygens (including phenoxy) is 2. The van der Waals surface area contributed by atoms with E-state index in [0.29, 0.717) is 18.8 Å². The number of carbonyl (C=O) groups excluding carboxylic acids is 1. The predicted octanol–water partition coefficient (Wildman–Crippen LogP) is 3.06. The molecule has 0 fully saturated rings. The molecule has 3 heteroatoms. The van der Waals surface area contributed by atoms with Crippen molar-refractivity contribution in [3.63, 3.8) is 0 Å². The summed E-state index contributed by atoms with van der Waals surface area (Å²) in [7, 11) is 0. The van der Waals surface area contributed by atoms with Crippen LogP contribution in [0.5, 0.6) is 0 Å². The fourth-order valence-electron chi connectivity index (χ4n) is 1.19. The number of hydrogen-bond acceptors (Lipinski definition) is 3. The first-order valence-corrected chi connectivity index (χ1v) is 5.73. The van der Waals surface area contributed by atoms with Crippen LogP contribution in [0, 0.1) is 0 Å². The van der Waals surface area contributed by atoms with Gasteiger partial charge in [-0.3, -0.25) is 0 Å². The van der Waals surface area contributed by atoms with Crippen LogP contribution in [0.3, 0.4) is 0 Å². The summed E-state index contributed by atoms with van der Waals surface area (Å²) < 4.78 is 10.3. The van der Waals surface area contributed by atoms with Gasteiger partial charge in [0.1, 0.15) is 6.61 Å². The fourth-order valence-corrected chi connectivity index (χ4v) is 1.19. The molecule has 1 rings (SSSR count). The molecule has 92 valence electrons. The lowest BCUT2D eigenvalue weighted by Gasteiger charge is -2.04. The van der Waals surface area contributed by atoms with E-state index in [1.165, 1.54) is 6.26 Å². The highest BCUT2D eigenvalue weighted by molar-refractivity contribution is 5.87. The molecule has 0 aromatic heterocycles. The van der Waals surface area contributed by atoms with Crippen LogP contribution in [0.1, 0.15) is 25.8 Å². The SMILES string of the molecule is CCCOC(=O)C(C)=COCc1ccccc1. The summed E-state index contributed by atoms with van der Waals surface area (Å²) in [6.07, 6.45) is 2.27. The molecule has 0 saturated heterocycles. The first-order chi connectivity index (χ1) is 8.24. The Bertz CT molecular complexity index is 368. The molecule has 17 heavy (non-hydrogen) atoms. The van der Waals surface area contributed by atoms with E-state index in [2.05, 4.69) is 0 Å². The maximum absolute atomic E-state index is 11.4. The molecule has 0 heterocycles. The summed E-state index contributed by atoms with van der Waals surface area (Å²) in [5.74, 6) is -0.320. The molecule has 0 unspecified atom stereocenters. The molecule has 3 nitrogen and oxygen atoms in total. The third-order valence-corrected chi connectivity index (χ3v) is 2.11. The number of esters is 1. The van der Waals surface area contributed by atoms with Crippen molar-refractivity contribution in [3.05, 3.63) is 47.7 Å². The first-order valence-electron chi connectivity index (χ1n) is 5.73. The van der Waals surface area contributed by atoms with E-state index in [1.807, 2.05) is 37.3 Å². The average Bonchev–Trinajstić information content (AvgIpc) is 2.37. The Labute approximate surface area is 102 Å². The smallest absolute Gasteiger partial charge is 0.336 e. The third kappa shape index (κ3) is 5.20. The van der Waals surface area contributed by atoms with Gasteiger partial charge < -0.3 is 9.47 Å². The molecular weight excluding hydrogens is 216 g/mol. The Morgan fingerprint density at radius 1 is 1.29 bits per heavy atom. The highest BCUT2D eigenvalue weighted by atomic mass is 16.5. The van der Waals surface area contributed by atoms with Gasteiger partial charge in [-0.15, -0.1) is 0 Å². The van der Waals surface area contributed by atoms with Gasteiger partial charge in [-0.05, 0) is 18.9 Å². The minimum atomic E-state index is -0.320. The van der Waals surface area contributed by atoms with Crippen LogP contribution < -0.4 is 0 Å². The van der Waals surface area contributed by atoms with Gasteiger partial charge in [-0.1, -0.05) is 37.3 Å². The summed E-state index contributed by atoms with van der Waals surface area (Å²) in [5, 5.41) is 0. The second-order valence-electron chi connectivity index (χ2n) is 3.73. The number of benzene rings is 1. The Kier molecular flexibility index (Phi) is 5.86. The molecule has 0 aliphatic heterocycles. The molecule has 0 saturated carbocycles. The Morgan fingerprint density at radius 2 is 2.00 bits per heavy atom. The fraction of sp³-hybridized carbons (Fsp3) is 0.357. The summed E-state index contributed by atoms with van der Waals surface area (Å²) in [6, 6.07) is 9.79. The van der Waals surface area contributed by atoms with Gasteiger partial charge in [0.2, 0.25) is 0 Å². The van der Waals surface area contributed by atoms with Crippen LogP contribution in [-0.4, -0.2) is 12.6 Å². The van der Waals surface area contributed by atoms with Crippen molar-refractivity contribution in [2.75, 3.05) is 6.61 Å². The van der Waals surface area contributed by atoms with Crippen LogP contribution in [0.4, 0.5) is 0 Å². The van der Waals surface area contributed by atoms with Crippen LogP contribution in [0.25, 0.3) is 0 Å². The van der Waals surface area contributed by atoms with Gasteiger partial charge in [0.05, 0.1) is 18.4 Å². The largest absolute Gasteiger partial charge is 0.496 e. The van der Waals surface area contributed by atoms with Crippen LogP contribution in [-0.2, 0) is 20.9 Å². The number of rotatable bonds is 6. The summed E-state index contributed by atoms with van der Waals surface area (Å²) >= 11 is 0. The van der Waals surface area contributed by atoms with Crippen LogP contribution >= 0.6 is 0 Å². The molecule has 0 spiro atoms. The van der Waals surface area contributed by atoms with E-state index in [-0.39, 0.29) is 5.97 Å². The molecular formula is C14H18O3. The van der Waals surface area contributed by atoms with E-state index in [9.17, 15) is 4.79 Å². The zero-order valence-corrected chi connectivity index (χ0v) is 10.3. The average molecular weight is 234 g/mol.